The van der Waals surface area contributed by atoms with Crippen molar-refractivity contribution in [3.8, 4) is 17.2 Å². The number of ether oxygens (including phenoxy) is 1. The molecule has 1 heterocycles. The van der Waals surface area contributed by atoms with Gasteiger partial charge < -0.3 is 19.1 Å². The van der Waals surface area contributed by atoms with Crippen LogP contribution in [0.3, 0.4) is 0 Å². The van der Waals surface area contributed by atoms with Gasteiger partial charge in [0.2, 0.25) is 5.89 Å². The number of carboxylic acids is 1. The first kappa shape index (κ1) is 23.8. The van der Waals surface area contributed by atoms with Crippen molar-refractivity contribution in [3.63, 3.8) is 0 Å². The Labute approximate surface area is 203 Å². The highest BCUT2D eigenvalue weighted by Gasteiger charge is 2.13. The highest BCUT2D eigenvalue weighted by molar-refractivity contribution is 6.01. The van der Waals surface area contributed by atoms with E-state index in [-0.39, 0.29) is 26.1 Å². The molecule has 0 aliphatic rings. The molecule has 0 unspecified atom stereocenters. The van der Waals surface area contributed by atoms with E-state index >= 15 is 0 Å². The van der Waals surface area contributed by atoms with Crippen molar-refractivity contribution >= 4 is 11.7 Å². The number of carboxylic acid groups (broad SMARTS) is 1. The Morgan fingerprint density at radius 2 is 1.60 bits per heavy atom. The molecule has 3 aromatic carbocycles. The molecule has 4 rings (SSSR count). The van der Waals surface area contributed by atoms with Crippen LogP contribution in [0.1, 0.15) is 35.4 Å². The molecule has 0 bridgehead atoms. The predicted octanol–water partition coefficient (Wildman–Crippen LogP) is 6.01. The van der Waals surface area contributed by atoms with Crippen molar-refractivity contribution in [1.82, 2.24) is 4.98 Å². The lowest BCUT2D eigenvalue weighted by Gasteiger charge is -2.11. The summed E-state index contributed by atoms with van der Waals surface area (Å²) in [7, 11) is 0. The van der Waals surface area contributed by atoms with Gasteiger partial charge in [0.25, 0.3) is 0 Å². The summed E-state index contributed by atoms with van der Waals surface area (Å²) < 4.78 is 11.9. The summed E-state index contributed by atoms with van der Waals surface area (Å²) in [5, 5.41) is 13.3. The number of carbonyl (C=O) groups is 1. The zero-order chi connectivity index (χ0) is 24.5. The van der Waals surface area contributed by atoms with Gasteiger partial charge in [0.15, 0.2) is 0 Å². The van der Waals surface area contributed by atoms with Gasteiger partial charge in [-0.05, 0) is 30.7 Å². The molecule has 1 N–H and O–H groups in total. The van der Waals surface area contributed by atoms with Crippen molar-refractivity contribution in [2.45, 2.75) is 33.0 Å². The molecule has 0 aliphatic heterocycles. The Bertz CT molecular complexity index is 1280. The predicted molar refractivity (Wildman–Crippen MR) is 132 cm³/mol. The summed E-state index contributed by atoms with van der Waals surface area (Å²) in [6.07, 6.45) is 0.242. The number of rotatable bonds is 11. The van der Waals surface area contributed by atoms with Crippen LogP contribution in [0.15, 0.2) is 94.5 Å². The normalized spacial score (nSPS) is 11.3. The molecule has 7 heteroatoms. The molecule has 0 saturated carbocycles. The van der Waals surface area contributed by atoms with Gasteiger partial charge in [0, 0.05) is 17.5 Å². The maximum Gasteiger partial charge on any atom is 0.303 e. The van der Waals surface area contributed by atoms with E-state index in [0.717, 1.165) is 22.4 Å². The average molecular weight is 471 g/mol. The summed E-state index contributed by atoms with van der Waals surface area (Å²) in [5.41, 5.74) is 3.85. The molecule has 1 aromatic heterocycles. The topological polar surface area (TPSA) is 94.2 Å². The summed E-state index contributed by atoms with van der Waals surface area (Å²) in [4.78, 5) is 21.3. The first-order valence-corrected chi connectivity index (χ1v) is 11.3. The van der Waals surface area contributed by atoms with Crippen LogP contribution < -0.4 is 4.74 Å². The second kappa shape index (κ2) is 11.7. The fraction of sp³-hybridized carbons (Fsp3) is 0.179. The second-order valence-corrected chi connectivity index (χ2v) is 7.86. The van der Waals surface area contributed by atoms with Crippen molar-refractivity contribution in [2.75, 3.05) is 0 Å². The first-order valence-electron chi connectivity index (χ1n) is 11.3. The maximum atomic E-state index is 11.0. The average Bonchev–Trinajstić information content (AvgIpc) is 3.26. The number of benzene rings is 3. The van der Waals surface area contributed by atoms with E-state index in [1.165, 1.54) is 0 Å². The summed E-state index contributed by atoms with van der Waals surface area (Å²) in [5.74, 6) is 1.03. The molecule has 0 amide bonds. The molecule has 7 nitrogen and oxygen atoms in total. The van der Waals surface area contributed by atoms with Crippen molar-refractivity contribution in [3.05, 3.63) is 108 Å². The number of nitrogens with zero attached hydrogens (tertiary/aromatic N) is 2. The van der Waals surface area contributed by atoms with Crippen LogP contribution in [-0.4, -0.2) is 21.8 Å². The third-order valence-corrected chi connectivity index (χ3v) is 5.33. The lowest BCUT2D eigenvalue weighted by Crippen LogP contribution is -2.06. The Balaban J connectivity index is 1.43. The number of aromatic nitrogens is 1. The van der Waals surface area contributed by atoms with Crippen molar-refractivity contribution in [2.24, 2.45) is 5.16 Å². The molecular weight excluding hydrogens is 444 g/mol. The van der Waals surface area contributed by atoms with Crippen molar-refractivity contribution < 1.29 is 23.9 Å². The Morgan fingerprint density at radius 1 is 0.914 bits per heavy atom. The van der Waals surface area contributed by atoms with Crippen molar-refractivity contribution in [1.29, 1.82) is 0 Å². The van der Waals surface area contributed by atoms with Crippen LogP contribution in [0.25, 0.3) is 11.5 Å². The number of hydrogen-bond donors (Lipinski definition) is 1. The van der Waals surface area contributed by atoms with Crippen LogP contribution in [0.2, 0.25) is 0 Å². The molecule has 0 atom stereocenters. The van der Waals surface area contributed by atoms with Gasteiger partial charge in [-0.25, -0.2) is 4.98 Å². The van der Waals surface area contributed by atoms with E-state index < -0.39 is 5.97 Å². The maximum absolute atomic E-state index is 11.0. The van der Waals surface area contributed by atoms with Crippen LogP contribution in [0.4, 0.5) is 0 Å². The fourth-order valence-electron chi connectivity index (χ4n) is 3.45. The van der Waals surface area contributed by atoms with Gasteiger partial charge >= 0.3 is 5.97 Å². The molecule has 0 saturated heterocycles. The number of hydrogen-bond acceptors (Lipinski definition) is 6. The third-order valence-electron chi connectivity index (χ3n) is 5.33. The highest BCUT2D eigenvalue weighted by atomic mass is 16.6. The SMILES string of the molecule is Cc1oc(-c2ccccc2)nc1COc1ccccc1CON=C(CCC(=O)O)c1ccccc1. The van der Waals surface area contributed by atoms with E-state index in [2.05, 4.69) is 10.1 Å². The largest absolute Gasteiger partial charge is 0.487 e. The molecule has 0 radical (unpaired) electrons. The van der Waals surface area contributed by atoms with E-state index in [9.17, 15) is 4.79 Å². The van der Waals surface area contributed by atoms with Crippen LogP contribution in [0, 0.1) is 6.92 Å². The lowest BCUT2D eigenvalue weighted by molar-refractivity contribution is -0.136. The summed E-state index contributed by atoms with van der Waals surface area (Å²) in [6.45, 7) is 2.28. The van der Waals surface area contributed by atoms with Crippen LogP contribution >= 0.6 is 0 Å². The third kappa shape index (κ3) is 6.57. The minimum Gasteiger partial charge on any atom is -0.487 e. The molecule has 0 fully saturated rings. The van der Waals surface area contributed by atoms with E-state index in [0.29, 0.717) is 23.1 Å². The highest BCUT2D eigenvalue weighted by Crippen LogP contribution is 2.24. The van der Waals surface area contributed by atoms with Gasteiger partial charge in [-0.1, -0.05) is 71.9 Å². The van der Waals surface area contributed by atoms with Gasteiger partial charge in [0.05, 0.1) is 12.1 Å². The molecule has 35 heavy (non-hydrogen) atoms. The van der Waals surface area contributed by atoms with E-state index in [1.807, 2.05) is 91.9 Å². The van der Waals surface area contributed by atoms with Gasteiger partial charge in [0.1, 0.15) is 30.4 Å². The Morgan fingerprint density at radius 3 is 2.34 bits per heavy atom. The monoisotopic (exact) mass is 470 g/mol. The molecule has 0 aliphatic carbocycles. The van der Waals surface area contributed by atoms with Crippen LogP contribution in [0.5, 0.6) is 5.75 Å². The molecule has 0 spiro atoms. The molecule has 178 valence electrons. The Kier molecular flexibility index (Phi) is 7.91. The zero-order valence-corrected chi connectivity index (χ0v) is 19.4. The quantitative estimate of drug-likeness (QED) is 0.213. The smallest absolute Gasteiger partial charge is 0.303 e. The van der Waals surface area contributed by atoms with Gasteiger partial charge in [-0.3, -0.25) is 4.79 Å². The summed E-state index contributed by atoms with van der Waals surface area (Å²) in [6, 6.07) is 26.7. The number of oxazole rings is 1. The van der Waals surface area contributed by atoms with E-state index in [4.69, 9.17) is 19.1 Å². The number of para-hydroxylation sites is 1. The second-order valence-electron chi connectivity index (χ2n) is 7.86. The number of aliphatic carboxylic acids is 1. The van der Waals surface area contributed by atoms with Gasteiger partial charge in [-0.2, -0.15) is 0 Å². The lowest BCUT2D eigenvalue weighted by atomic mass is 10.1. The minimum atomic E-state index is -0.883. The first-order chi connectivity index (χ1) is 17.1. The van der Waals surface area contributed by atoms with Crippen LogP contribution in [-0.2, 0) is 22.8 Å². The number of aryl methyl sites for hydroxylation is 1. The van der Waals surface area contributed by atoms with Gasteiger partial charge in [-0.15, -0.1) is 0 Å². The standard InChI is InChI=1S/C28H26N2O5/c1-20-25(29-28(35-20)22-12-6-3-7-13-22)19-33-26-15-9-8-14-23(26)18-34-30-24(16-17-27(31)32)21-10-4-2-5-11-21/h2-15H,16-19H2,1H3,(H,31,32). The Hall–Kier alpha value is -4.39. The zero-order valence-electron chi connectivity index (χ0n) is 19.4. The molecule has 4 aromatic rings. The minimum absolute atomic E-state index is 0.0290. The molecular formula is C28H26N2O5. The fourth-order valence-corrected chi connectivity index (χ4v) is 3.45. The van der Waals surface area contributed by atoms with E-state index in [1.54, 1.807) is 0 Å². The summed E-state index contributed by atoms with van der Waals surface area (Å²) >= 11 is 0. The number of oxime groups is 1.